The summed E-state index contributed by atoms with van der Waals surface area (Å²) in [5, 5.41) is 9.30. The molecule has 0 fully saturated rings. The summed E-state index contributed by atoms with van der Waals surface area (Å²) >= 11 is 0. The van der Waals surface area contributed by atoms with Gasteiger partial charge < -0.3 is 9.84 Å². The topological polar surface area (TPSA) is 29.5 Å². The molecule has 1 aliphatic heterocycles. The molecule has 0 amide bonds. The van der Waals surface area contributed by atoms with Crippen molar-refractivity contribution in [2.75, 3.05) is 0 Å². The van der Waals surface area contributed by atoms with Crippen molar-refractivity contribution in [2.45, 2.75) is 25.6 Å². The van der Waals surface area contributed by atoms with Crippen LogP contribution in [0.3, 0.4) is 0 Å². The zero-order chi connectivity index (χ0) is 8.55. The lowest BCUT2D eigenvalue weighted by atomic mass is 10.1. The molecule has 2 heteroatoms. The number of hydrogen-bond donors (Lipinski definition) is 1. The third-order valence-electron chi connectivity index (χ3n) is 2.21. The molecule has 0 radical (unpaired) electrons. The molecule has 0 saturated heterocycles. The summed E-state index contributed by atoms with van der Waals surface area (Å²) in [7, 11) is 0. The minimum Gasteiger partial charge on any atom is -0.487 e. The highest BCUT2D eigenvalue weighted by Crippen LogP contribution is 2.29. The van der Waals surface area contributed by atoms with Crippen molar-refractivity contribution in [3.05, 3.63) is 29.8 Å². The van der Waals surface area contributed by atoms with Gasteiger partial charge >= 0.3 is 0 Å². The summed E-state index contributed by atoms with van der Waals surface area (Å²) in [4.78, 5) is 0. The highest BCUT2D eigenvalue weighted by Gasteiger charge is 2.25. The second kappa shape index (κ2) is 2.79. The summed E-state index contributed by atoms with van der Waals surface area (Å²) in [5.74, 6) is 0.920. The van der Waals surface area contributed by atoms with Crippen LogP contribution in [-0.2, 0) is 6.42 Å². The third kappa shape index (κ3) is 1.18. The normalized spacial score (nSPS) is 23.0. The van der Waals surface area contributed by atoms with Crippen LogP contribution in [0.1, 0.15) is 12.5 Å². The lowest BCUT2D eigenvalue weighted by Crippen LogP contribution is -2.26. The fraction of sp³-hybridized carbons (Fsp3) is 0.400. The van der Waals surface area contributed by atoms with E-state index in [1.807, 2.05) is 24.3 Å². The fourth-order valence-corrected chi connectivity index (χ4v) is 1.48. The van der Waals surface area contributed by atoms with Gasteiger partial charge in [0.15, 0.2) is 0 Å². The van der Waals surface area contributed by atoms with Crippen molar-refractivity contribution in [2.24, 2.45) is 0 Å². The van der Waals surface area contributed by atoms with Gasteiger partial charge in [-0.25, -0.2) is 0 Å². The van der Waals surface area contributed by atoms with E-state index < -0.39 is 6.10 Å². The number of hydrogen-bond acceptors (Lipinski definition) is 2. The molecule has 1 aromatic carbocycles. The van der Waals surface area contributed by atoms with Crippen molar-refractivity contribution < 1.29 is 9.84 Å². The Morgan fingerprint density at radius 3 is 2.92 bits per heavy atom. The standard InChI is InChI=1S/C10H12O2/c1-7(11)10-6-8-4-2-3-5-9(8)12-10/h2-5,7,10-11H,6H2,1H3. The average Bonchev–Trinajstić information content (AvgIpc) is 2.46. The highest BCUT2D eigenvalue weighted by atomic mass is 16.5. The molecule has 0 spiro atoms. The molecular weight excluding hydrogens is 152 g/mol. The van der Waals surface area contributed by atoms with E-state index in [1.54, 1.807) is 6.92 Å². The Morgan fingerprint density at radius 2 is 2.25 bits per heavy atom. The van der Waals surface area contributed by atoms with Crippen LogP contribution in [0.25, 0.3) is 0 Å². The maximum absolute atomic E-state index is 9.30. The largest absolute Gasteiger partial charge is 0.487 e. The second-order valence-corrected chi connectivity index (χ2v) is 3.21. The van der Waals surface area contributed by atoms with Crippen LogP contribution in [-0.4, -0.2) is 17.3 Å². The molecule has 64 valence electrons. The van der Waals surface area contributed by atoms with Gasteiger partial charge in [0.25, 0.3) is 0 Å². The van der Waals surface area contributed by atoms with E-state index in [4.69, 9.17) is 4.74 Å². The maximum Gasteiger partial charge on any atom is 0.128 e. The first-order chi connectivity index (χ1) is 5.77. The van der Waals surface area contributed by atoms with Crippen LogP contribution < -0.4 is 4.74 Å². The molecule has 0 aliphatic carbocycles. The number of benzene rings is 1. The number of ether oxygens (including phenoxy) is 1. The first-order valence-corrected chi connectivity index (χ1v) is 4.20. The molecule has 1 aliphatic rings. The number of fused-ring (bicyclic) bond motifs is 1. The van der Waals surface area contributed by atoms with Crippen molar-refractivity contribution in [1.82, 2.24) is 0 Å². The number of aliphatic hydroxyl groups is 1. The van der Waals surface area contributed by atoms with Crippen molar-refractivity contribution >= 4 is 0 Å². The van der Waals surface area contributed by atoms with E-state index in [2.05, 4.69) is 0 Å². The van der Waals surface area contributed by atoms with E-state index in [-0.39, 0.29) is 6.10 Å². The van der Waals surface area contributed by atoms with E-state index >= 15 is 0 Å². The molecule has 1 heterocycles. The number of rotatable bonds is 1. The molecule has 0 saturated carbocycles. The van der Waals surface area contributed by atoms with Gasteiger partial charge in [-0.2, -0.15) is 0 Å². The van der Waals surface area contributed by atoms with E-state index in [0.29, 0.717) is 0 Å². The third-order valence-corrected chi connectivity index (χ3v) is 2.21. The zero-order valence-electron chi connectivity index (χ0n) is 7.03. The summed E-state index contributed by atoms with van der Waals surface area (Å²) in [5.41, 5.74) is 1.20. The van der Waals surface area contributed by atoms with Gasteiger partial charge in [-0.15, -0.1) is 0 Å². The molecule has 1 N–H and O–H groups in total. The van der Waals surface area contributed by atoms with E-state index in [1.165, 1.54) is 5.56 Å². The van der Waals surface area contributed by atoms with Crippen LogP contribution >= 0.6 is 0 Å². The molecular formula is C10H12O2. The lowest BCUT2D eigenvalue weighted by Gasteiger charge is -2.12. The smallest absolute Gasteiger partial charge is 0.128 e. The van der Waals surface area contributed by atoms with E-state index in [0.717, 1.165) is 12.2 Å². The minimum atomic E-state index is -0.391. The lowest BCUT2D eigenvalue weighted by molar-refractivity contribution is 0.0632. The van der Waals surface area contributed by atoms with Gasteiger partial charge in [-0.05, 0) is 18.6 Å². The Morgan fingerprint density at radius 1 is 1.50 bits per heavy atom. The molecule has 1 aromatic rings. The molecule has 2 atom stereocenters. The van der Waals surface area contributed by atoms with Gasteiger partial charge in [0.1, 0.15) is 11.9 Å². The van der Waals surface area contributed by atoms with Gasteiger partial charge in [0.05, 0.1) is 6.10 Å². The number of aliphatic hydroxyl groups excluding tert-OH is 1. The molecule has 12 heavy (non-hydrogen) atoms. The fourth-order valence-electron chi connectivity index (χ4n) is 1.48. The Balaban J connectivity index is 2.22. The average molecular weight is 164 g/mol. The molecule has 2 rings (SSSR count). The van der Waals surface area contributed by atoms with Gasteiger partial charge in [-0.3, -0.25) is 0 Å². The van der Waals surface area contributed by atoms with Crippen LogP contribution in [0.15, 0.2) is 24.3 Å². The molecule has 2 nitrogen and oxygen atoms in total. The van der Waals surface area contributed by atoms with Crippen molar-refractivity contribution in [1.29, 1.82) is 0 Å². The van der Waals surface area contributed by atoms with Crippen LogP contribution in [0, 0.1) is 0 Å². The van der Waals surface area contributed by atoms with E-state index in [9.17, 15) is 5.11 Å². The SMILES string of the molecule is CC(O)C1Cc2ccccc2O1. The molecule has 0 aromatic heterocycles. The molecule has 2 unspecified atom stereocenters. The summed E-state index contributed by atoms with van der Waals surface area (Å²) in [6.07, 6.45) is 0.383. The van der Waals surface area contributed by atoms with Crippen LogP contribution in [0.5, 0.6) is 5.75 Å². The summed E-state index contributed by atoms with van der Waals surface area (Å²) < 4.78 is 5.52. The van der Waals surface area contributed by atoms with Gasteiger partial charge in [-0.1, -0.05) is 18.2 Å². The summed E-state index contributed by atoms with van der Waals surface area (Å²) in [6, 6.07) is 7.92. The monoisotopic (exact) mass is 164 g/mol. The Labute approximate surface area is 71.8 Å². The number of para-hydroxylation sites is 1. The summed E-state index contributed by atoms with van der Waals surface area (Å²) in [6.45, 7) is 1.76. The van der Waals surface area contributed by atoms with Gasteiger partial charge in [0.2, 0.25) is 0 Å². The van der Waals surface area contributed by atoms with Crippen LogP contribution in [0.4, 0.5) is 0 Å². The Kier molecular flexibility index (Phi) is 1.77. The van der Waals surface area contributed by atoms with Crippen molar-refractivity contribution in [3.8, 4) is 5.75 Å². The Hall–Kier alpha value is -1.02. The first kappa shape index (κ1) is 7.62. The van der Waals surface area contributed by atoms with Gasteiger partial charge in [0, 0.05) is 6.42 Å². The minimum absolute atomic E-state index is 0.0533. The predicted octanol–water partition coefficient (Wildman–Crippen LogP) is 1.37. The van der Waals surface area contributed by atoms with Crippen molar-refractivity contribution in [3.63, 3.8) is 0 Å². The molecule has 0 bridgehead atoms. The quantitative estimate of drug-likeness (QED) is 0.679. The highest BCUT2D eigenvalue weighted by molar-refractivity contribution is 5.37. The first-order valence-electron chi connectivity index (χ1n) is 4.20. The Bertz CT molecular complexity index is 256. The zero-order valence-corrected chi connectivity index (χ0v) is 7.03. The maximum atomic E-state index is 9.30. The second-order valence-electron chi connectivity index (χ2n) is 3.21. The predicted molar refractivity (Wildman–Crippen MR) is 46.2 cm³/mol. The van der Waals surface area contributed by atoms with Crippen LogP contribution in [0.2, 0.25) is 0 Å².